The summed E-state index contributed by atoms with van der Waals surface area (Å²) in [7, 11) is -3.92. The highest BCUT2D eigenvalue weighted by atomic mass is 32.2. The first kappa shape index (κ1) is 22.7. The predicted octanol–water partition coefficient (Wildman–Crippen LogP) is 4.30. The van der Waals surface area contributed by atoms with Crippen LogP contribution < -0.4 is 19.1 Å². The second-order valence-corrected chi connectivity index (χ2v) is 9.71. The summed E-state index contributed by atoms with van der Waals surface area (Å²) in [6.07, 6.45) is -1.05. The van der Waals surface area contributed by atoms with Gasteiger partial charge in [-0.05, 0) is 62.7 Å². The monoisotopic (exact) mass is 466 g/mol. The first-order chi connectivity index (χ1) is 15.8. The number of hydrogen-bond acceptors (Lipinski definition) is 5. The number of fused-ring (bicyclic) bond motifs is 1. The van der Waals surface area contributed by atoms with Gasteiger partial charge in [-0.2, -0.15) is 0 Å². The van der Waals surface area contributed by atoms with Crippen LogP contribution in [0.3, 0.4) is 0 Å². The quantitative estimate of drug-likeness (QED) is 0.586. The van der Waals surface area contributed by atoms with Crippen LogP contribution in [0.4, 0.5) is 11.4 Å². The van der Waals surface area contributed by atoms with E-state index in [1.807, 2.05) is 32.9 Å². The summed E-state index contributed by atoms with van der Waals surface area (Å²) < 4.78 is 39.9. The number of hydrogen-bond donors (Lipinski definition) is 1. The third-order valence-electron chi connectivity index (χ3n) is 5.33. The van der Waals surface area contributed by atoms with E-state index in [0.29, 0.717) is 29.5 Å². The summed E-state index contributed by atoms with van der Waals surface area (Å²) in [5.41, 5.74) is 2.75. The van der Waals surface area contributed by atoms with Crippen molar-refractivity contribution >= 4 is 27.3 Å². The third-order valence-corrected chi connectivity index (χ3v) is 7.12. The molecule has 172 valence electrons. The third kappa shape index (κ3) is 4.66. The van der Waals surface area contributed by atoms with E-state index in [0.717, 1.165) is 11.1 Å². The van der Waals surface area contributed by atoms with Crippen LogP contribution in [-0.4, -0.2) is 33.6 Å². The number of nitrogens with one attached hydrogen (secondary N) is 1. The van der Waals surface area contributed by atoms with Crippen molar-refractivity contribution in [2.24, 2.45) is 0 Å². The van der Waals surface area contributed by atoms with Crippen LogP contribution in [0.15, 0.2) is 71.6 Å². The largest absolute Gasteiger partial charge is 0.492 e. The first-order valence-electron chi connectivity index (χ1n) is 10.7. The average Bonchev–Trinajstić information content (AvgIpc) is 2.80. The lowest BCUT2D eigenvalue weighted by atomic mass is 10.1. The number of sulfonamides is 1. The van der Waals surface area contributed by atoms with E-state index < -0.39 is 22.0 Å². The minimum Gasteiger partial charge on any atom is -0.492 e. The Labute approximate surface area is 194 Å². The van der Waals surface area contributed by atoms with E-state index in [-0.39, 0.29) is 11.4 Å². The Kier molecular flexibility index (Phi) is 6.29. The second kappa shape index (κ2) is 9.15. The Balaban J connectivity index is 1.68. The average molecular weight is 467 g/mol. The van der Waals surface area contributed by atoms with Crippen molar-refractivity contribution < 1.29 is 22.7 Å². The molecule has 0 saturated heterocycles. The van der Waals surface area contributed by atoms with Gasteiger partial charge in [0.05, 0.1) is 29.4 Å². The second-order valence-electron chi connectivity index (χ2n) is 7.85. The number of benzene rings is 3. The number of para-hydroxylation sites is 2. The fourth-order valence-corrected chi connectivity index (χ4v) is 5.10. The topological polar surface area (TPSA) is 84.9 Å². The van der Waals surface area contributed by atoms with Gasteiger partial charge in [0.15, 0.2) is 6.10 Å². The normalized spacial score (nSPS) is 15.4. The Morgan fingerprint density at radius 2 is 1.76 bits per heavy atom. The smallest absolute Gasteiger partial charge is 0.267 e. The van der Waals surface area contributed by atoms with E-state index in [4.69, 9.17) is 9.47 Å². The van der Waals surface area contributed by atoms with Gasteiger partial charge < -0.3 is 14.8 Å². The Bertz CT molecular complexity index is 1270. The Morgan fingerprint density at radius 3 is 2.48 bits per heavy atom. The number of aryl methyl sites for hydroxylation is 2. The summed E-state index contributed by atoms with van der Waals surface area (Å²) >= 11 is 0. The van der Waals surface area contributed by atoms with E-state index >= 15 is 0 Å². The molecule has 0 spiro atoms. The molecule has 8 heteroatoms. The highest BCUT2D eigenvalue weighted by Gasteiger charge is 2.37. The van der Waals surface area contributed by atoms with Gasteiger partial charge >= 0.3 is 0 Å². The van der Waals surface area contributed by atoms with Crippen molar-refractivity contribution in [1.82, 2.24) is 0 Å². The number of anilines is 2. The maximum absolute atomic E-state index is 13.6. The minimum atomic E-state index is -3.92. The zero-order chi connectivity index (χ0) is 23.6. The molecule has 1 heterocycles. The highest BCUT2D eigenvalue weighted by Crippen LogP contribution is 2.38. The van der Waals surface area contributed by atoms with Crippen LogP contribution in [0.5, 0.6) is 11.5 Å². The van der Waals surface area contributed by atoms with Gasteiger partial charge in [-0.25, -0.2) is 8.42 Å². The van der Waals surface area contributed by atoms with Crippen molar-refractivity contribution in [3.05, 3.63) is 77.9 Å². The molecular formula is C25H26N2O5S. The predicted molar refractivity (Wildman–Crippen MR) is 128 cm³/mol. The van der Waals surface area contributed by atoms with Crippen molar-refractivity contribution in [1.29, 1.82) is 0 Å². The summed E-state index contributed by atoms with van der Waals surface area (Å²) in [4.78, 5) is 13.3. The summed E-state index contributed by atoms with van der Waals surface area (Å²) in [6.45, 7) is 5.91. The zero-order valence-corrected chi connectivity index (χ0v) is 19.6. The van der Waals surface area contributed by atoms with E-state index in [9.17, 15) is 13.2 Å². The maximum Gasteiger partial charge on any atom is 0.267 e. The standard InChI is InChI=1S/C25H26N2O5S/c1-4-31-22-8-6-5-7-20(22)26-25(28)24-16-27(21-15-18(3)11-14-23(21)32-24)33(29,30)19-12-9-17(2)10-13-19/h5-15,24H,4,16H2,1-3H3,(H,26,28). The molecule has 1 N–H and O–H groups in total. The van der Waals surface area contributed by atoms with E-state index in [1.165, 1.54) is 4.31 Å². The highest BCUT2D eigenvalue weighted by molar-refractivity contribution is 7.92. The van der Waals surface area contributed by atoms with Crippen LogP contribution >= 0.6 is 0 Å². The molecule has 3 aromatic rings. The molecule has 0 fully saturated rings. The maximum atomic E-state index is 13.6. The zero-order valence-electron chi connectivity index (χ0n) is 18.7. The van der Waals surface area contributed by atoms with Crippen molar-refractivity contribution in [3.63, 3.8) is 0 Å². The lowest BCUT2D eigenvalue weighted by Crippen LogP contribution is -2.48. The molecule has 0 radical (unpaired) electrons. The molecule has 3 aromatic carbocycles. The molecule has 1 atom stereocenters. The van der Waals surface area contributed by atoms with Gasteiger partial charge in [0.25, 0.3) is 15.9 Å². The summed E-state index contributed by atoms with van der Waals surface area (Å²) in [5, 5.41) is 2.82. The van der Waals surface area contributed by atoms with Gasteiger partial charge in [0, 0.05) is 0 Å². The molecule has 1 unspecified atom stereocenters. The fraction of sp³-hybridized carbons (Fsp3) is 0.240. The fourth-order valence-electron chi connectivity index (χ4n) is 3.63. The van der Waals surface area contributed by atoms with Crippen LogP contribution in [0.25, 0.3) is 0 Å². The lowest BCUT2D eigenvalue weighted by molar-refractivity contribution is -0.122. The minimum absolute atomic E-state index is 0.156. The van der Waals surface area contributed by atoms with Crippen molar-refractivity contribution in [2.45, 2.75) is 31.8 Å². The summed E-state index contributed by atoms with van der Waals surface area (Å²) in [5.74, 6) is 0.405. The van der Waals surface area contributed by atoms with Crippen molar-refractivity contribution in [3.8, 4) is 11.5 Å². The number of ether oxygens (including phenoxy) is 2. The van der Waals surface area contributed by atoms with Crippen LogP contribution in [0.2, 0.25) is 0 Å². The van der Waals surface area contributed by atoms with Gasteiger partial charge in [0.2, 0.25) is 0 Å². The molecule has 33 heavy (non-hydrogen) atoms. The van der Waals surface area contributed by atoms with Gasteiger partial charge in [-0.15, -0.1) is 0 Å². The van der Waals surface area contributed by atoms with Crippen molar-refractivity contribution in [2.75, 3.05) is 22.8 Å². The molecule has 1 aliphatic rings. The molecule has 1 amide bonds. The molecule has 0 saturated carbocycles. The molecule has 7 nitrogen and oxygen atoms in total. The number of rotatable bonds is 6. The van der Waals surface area contributed by atoms with Gasteiger partial charge in [-0.3, -0.25) is 9.10 Å². The first-order valence-corrected chi connectivity index (χ1v) is 12.1. The number of carbonyl (C=O) groups is 1. The van der Waals surface area contributed by atoms with Crippen LogP contribution in [0, 0.1) is 13.8 Å². The lowest BCUT2D eigenvalue weighted by Gasteiger charge is -2.35. The Morgan fingerprint density at radius 1 is 1.06 bits per heavy atom. The van der Waals surface area contributed by atoms with E-state index in [2.05, 4.69) is 5.32 Å². The van der Waals surface area contributed by atoms with Crippen LogP contribution in [0.1, 0.15) is 18.1 Å². The molecule has 1 aliphatic heterocycles. The molecule has 0 aliphatic carbocycles. The number of amides is 1. The molecule has 4 rings (SSSR count). The SMILES string of the molecule is CCOc1ccccc1NC(=O)C1CN(S(=O)(=O)c2ccc(C)cc2)c2cc(C)ccc2O1. The number of nitrogens with zero attached hydrogens (tertiary/aromatic N) is 1. The van der Waals surface area contributed by atoms with Gasteiger partial charge in [0.1, 0.15) is 11.5 Å². The van der Waals surface area contributed by atoms with Crippen LogP contribution in [-0.2, 0) is 14.8 Å². The summed E-state index contributed by atoms with van der Waals surface area (Å²) in [6, 6.07) is 19.0. The molecule has 0 aromatic heterocycles. The molecular weight excluding hydrogens is 440 g/mol. The number of carbonyl (C=O) groups excluding carboxylic acids is 1. The Hall–Kier alpha value is -3.52. The van der Waals surface area contributed by atoms with Gasteiger partial charge in [-0.1, -0.05) is 35.9 Å². The molecule has 0 bridgehead atoms. The van der Waals surface area contributed by atoms with E-state index in [1.54, 1.807) is 54.6 Å².